The number of hydrogen-bond donors (Lipinski definition) is 5. The van der Waals surface area contributed by atoms with Crippen LogP contribution >= 0.6 is 15.6 Å². The van der Waals surface area contributed by atoms with Crippen molar-refractivity contribution < 1.29 is 71.4 Å². The predicted molar refractivity (Wildman–Crippen MR) is 233 cm³/mol. The molecule has 0 saturated heterocycles. The Labute approximate surface area is 360 Å². The molecule has 0 aliphatic carbocycles. The summed E-state index contributed by atoms with van der Waals surface area (Å²) in [7, 11) is -9.56. The van der Waals surface area contributed by atoms with Gasteiger partial charge in [0.05, 0.1) is 26.4 Å². The molecule has 0 bridgehead atoms. The van der Waals surface area contributed by atoms with E-state index in [0.29, 0.717) is 12.8 Å². The summed E-state index contributed by atoms with van der Waals surface area (Å²) in [6, 6.07) is 0. The van der Waals surface area contributed by atoms with E-state index in [1.54, 1.807) is 0 Å². The summed E-state index contributed by atoms with van der Waals surface area (Å²) in [5.41, 5.74) is 0. The second-order valence-electron chi connectivity index (χ2n) is 15.1. The van der Waals surface area contributed by atoms with E-state index in [1.807, 2.05) is 18.2 Å². The lowest BCUT2D eigenvalue weighted by Crippen LogP contribution is -2.25. The lowest BCUT2D eigenvalue weighted by atomic mass is 10.0. The Kier molecular flexibility index (Phi) is 38.9. The van der Waals surface area contributed by atoms with Crippen LogP contribution in [0.25, 0.3) is 0 Å². The molecule has 60 heavy (non-hydrogen) atoms. The quantitative estimate of drug-likeness (QED) is 0.0166. The molecule has 5 atom stereocenters. The molecule has 0 aromatic heterocycles. The number of hydrogen-bond acceptors (Lipinski definition) is 13. The van der Waals surface area contributed by atoms with Gasteiger partial charge < -0.3 is 34.6 Å². The first-order chi connectivity index (χ1) is 28.8. The Morgan fingerprint density at radius 1 is 0.450 bits per heavy atom. The molecule has 0 aliphatic rings. The fourth-order valence-corrected chi connectivity index (χ4v) is 7.27. The molecule has 0 spiro atoms. The van der Waals surface area contributed by atoms with Crippen LogP contribution in [0.5, 0.6) is 0 Å². The van der Waals surface area contributed by atoms with Crippen LogP contribution in [0.1, 0.15) is 168 Å². The maximum absolute atomic E-state index is 12.1. The van der Waals surface area contributed by atoms with Gasteiger partial charge in [-0.2, -0.15) is 0 Å². The van der Waals surface area contributed by atoms with Gasteiger partial charge in [-0.15, -0.1) is 0 Å². The Hall–Kier alpha value is -1.74. The van der Waals surface area contributed by atoms with Crippen molar-refractivity contribution >= 4 is 27.6 Å². The van der Waals surface area contributed by atoms with E-state index >= 15 is 0 Å². The predicted octanol–water partition coefficient (Wildman–Crippen LogP) is 9.49. The third kappa shape index (κ3) is 41.6. The van der Waals surface area contributed by atoms with Crippen molar-refractivity contribution in [1.29, 1.82) is 0 Å². The van der Waals surface area contributed by atoms with Crippen molar-refractivity contribution in [3.63, 3.8) is 0 Å². The number of allylic oxidation sites excluding steroid dienone is 6. The largest absolute Gasteiger partial charge is 0.472 e. The highest BCUT2D eigenvalue weighted by molar-refractivity contribution is 7.47. The minimum absolute atomic E-state index is 0.183. The number of carbonyl (C=O) groups is 2. The summed E-state index contributed by atoms with van der Waals surface area (Å²) >= 11 is 0. The molecule has 0 aromatic carbocycles. The number of unbranched alkanes of at least 4 members (excludes halogenated alkanes) is 19. The Morgan fingerprint density at radius 3 is 1.13 bits per heavy atom. The topological polar surface area (TPSA) is 225 Å². The molecular formula is C43H80O15P2. The number of ether oxygens (including phenoxy) is 2. The van der Waals surface area contributed by atoms with Crippen LogP contribution in [0.15, 0.2) is 36.5 Å². The van der Waals surface area contributed by atoms with Crippen molar-refractivity contribution in [2.75, 3.05) is 39.6 Å². The molecule has 0 amide bonds. The highest BCUT2D eigenvalue weighted by Crippen LogP contribution is 2.45. The summed E-state index contributed by atoms with van der Waals surface area (Å²) in [4.78, 5) is 43.6. The smallest absolute Gasteiger partial charge is 0.463 e. The number of aliphatic hydroxyl groups is 3. The van der Waals surface area contributed by atoms with E-state index < -0.39 is 85.5 Å². The number of esters is 2. The van der Waals surface area contributed by atoms with Gasteiger partial charge in [0.2, 0.25) is 0 Å². The van der Waals surface area contributed by atoms with Gasteiger partial charge in [0.1, 0.15) is 31.5 Å². The maximum Gasteiger partial charge on any atom is 0.472 e. The molecule has 17 heteroatoms. The van der Waals surface area contributed by atoms with Crippen molar-refractivity contribution in [1.82, 2.24) is 0 Å². The number of phosphoric ester groups is 2. The average Bonchev–Trinajstić information content (AvgIpc) is 3.22. The average molecular weight is 899 g/mol. The molecule has 352 valence electrons. The van der Waals surface area contributed by atoms with Crippen LogP contribution in [0.2, 0.25) is 0 Å². The van der Waals surface area contributed by atoms with Crippen molar-refractivity contribution in [2.45, 2.75) is 186 Å². The number of aliphatic hydroxyl groups excluding tert-OH is 3. The minimum Gasteiger partial charge on any atom is -0.463 e. The van der Waals surface area contributed by atoms with Gasteiger partial charge in [-0.1, -0.05) is 159 Å². The highest BCUT2D eigenvalue weighted by Gasteiger charge is 2.28. The van der Waals surface area contributed by atoms with Gasteiger partial charge in [0.25, 0.3) is 0 Å². The molecule has 0 saturated carbocycles. The zero-order valence-corrected chi connectivity index (χ0v) is 38.4. The number of rotatable bonds is 43. The molecule has 0 fully saturated rings. The molecule has 0 radical (unpaired) electrons. The zero-order chi connectivity index (χ0) is 44.6. The van der Waals surface area contributed by atoms with E-state index in [4.69, 9.17) is 9.47 Å². The number of carbonyl (C=O) groups excluding carboxylic acids is 2. The van der Waals surface area contributed by atoms with Crippen LogP contribution < -0.4 is 0 Å². The Bertz CT molecular complexity index is 1230. The van der Waals surface area contributed by atoms with Gasteiger partial charge in [0, 0.05) is 12.8 Å². The first kappa shape index (κ1) is 58.3. The van der Waals surface area contributed by atoms with E-state index in [1.165, 1.54) is 57.8 Å². The third-order valence-electron chi connectivity index (χ3n) is 9.17. The van der Waals surface area contributed by atoms with Gasteiger partial charge in [-0.25, -0.2) is 9.13 Å². The van der Waals surface area contributed by atoms with Gasteiger partial charge in [-0.3, -0.25) is 27.7 Å². The maximum atomic E-state index is 12.1. The first-order valence-electron chi connectivity index (χ1n) is 22.4. The summed E-state index contributed by atoms with van der Waals surface area (Å²) in [6.07, 6.45) is 32.8. The molecule has 15 nitrogen and oxygen atoms in total. The zero-order valence-electron chi connectivity index (χ0n) is 36.6. The monoisotopic (exact) mass is 898 g/mol. The van der Waals surface area contributed by atoms with Gasteiger partial charge in [-0.05, 0) is 32.1 Å². The van der Waals surface area contributed by atoms with Crippen LogP contribution in [0.3, 0.4) is 0 Å². The normalized spacial score (nSPS) is 15.7. The summed E-state index contributed by atoms with van der Waals surface area (Å²) in [6.45, 7) is 0.270. The second-order valence-corrected chi connectivity index (χ2v) is 18.0. The molecule has 0 aliphatic heterocycles. The van der Waals surface area contributed by atoms with Crippen LogP contribution in [0.4, 0.5) is 0 Å². The van der Waals surface area contributed by atoms with E-state index in [2.05, 4.69) is 50.2 Å². The second kappa shape index (κ2) is 40.1. The molecule has 0 rings (SSSR count). The lowest BCUT2D eigenvalue weighted by molar-refractivity contribution is -0.148. The SMILES string of the molecule is CC/C=C/C=C/C=C/CCCCCCCCCC(=O)OCC(O)COP(=O)(O)OCC(O)COP(=O)(O)OCC(O)COC(=O)CCCCCCCCCCCCCCC. The molecule has 0 aromatic rings. The van der Waals surface area contributed by atoms with Gasteiger partial charge in [0.15, 0.2) is 0 Å². The van der Waals surface area contributed by atoms with E-state index in [0.717, 1.165) is 70.6 Å². The van der Waals surface area contributed by atoms with E-state index in [9.17, 15) is 43.8 Å². The molecule has 0 heterocycles. The summed E-state index contributed by atoms with van der Waals surface area (Å²) in [5.74, 6) is -1.01. The van der Waals surface area contributed by atoms with Crippen molar-refractivity contribution in [2.24, 2.45) is 0 Å². The molecule has 5 unspecified atom stereocenters. The Balaban J connectivity index is 3.92. The minimum atomic E-state index is -4.78. The molecule has 5 N–H and O–H groups in total. The number of phosphoric acid groups is 2. The lowest BCUT2D eigenvalue weighted by Gasteiger charge is -2.19. The molecular weight excluding hydrogens is 818 g/mol. The van der Waals surface area contributed by atoms with E-state index in [-0.39, 0.29) is 12.8 Å². The fourth-order valence-electron chi connectivity index (χ4n) is 5.68. The van der Waals surface area contributed by atoms with Crippen molar-refractivity contribution in [3.05, 3.63) is 36.5 Å². The van der Waals surface area contributed by atoms with Crippen molar-refractivity contribution in [3.8, 4) is 0 Å². The van der Waals surface area contributed by atoms with Crippen LogP contribution in [-0.4, -0.2) is 95.0 Å². The fraction of sp³-hybridized carbons (Fsp3) is 0.814. The summed E-state index contributed by atoms with van der Waals surface area (Å²) < 4.78 is 52.9. The Morgan fingerprint density at radius 2 is 0.767 bits per heavy atom. The summed E-state index contributed by atoms with van der Waals surface area (Å²) in [5, 5.41) is 29.9. The van der Waals surface area contributed by atoms with Crippen LogP contribution in [0, 0.1) is 0 Å². The highest BCUT2D eigenvalue weighted by atomic mass is 31.2. The van der Waals surface area contributed by atoms with Gasteiger partial charge >= 0.3 is 27.6 Å². The standard InChI is InChI=1S/C43H80O15P2/c1-3-5-7-9-11-13-15-17-18-20-22-24-26-28-30-32-43(48)54-34-40(45)36-56-60(51,52)58-38-41(46)37-57-59(49,50)55-35-39(44)33-53-42(47)31-29-27-25-23-21-19-16-14-12-10-8-6-4-2/h5,7,9,11,13,15,39-41,44-46H,3-4,6,8,10,12,14,16-38H2,1-2H3,(H,49,50)(H,51,52)/b7-5+,11-9+,15-13+. The van der Waals surface area contributed by atoms with Crippen LogP contribution in [-0.2, 0) is 46.3 Å². The third-order valence-corrected chi connectivity index (χ3v) is 11.1. The first-order valence-corrected chi connectivity index (χ1v) is 25.4.